The number of anilines is 2. The Balaban J connectivity index is 1.68. The molecule has 7 nitrogen and oxygen atoms in total. The standard InChI is InChI=1S/C17H24N4O3/c1-17(2,3)24-16(23)19-11-5-4-8-21(10-11)13-6-7-18-15-12(13)9-14(22)20-15/h6-7,11H,4-5,8-10H2,1-3H3,(H,19,23)(H,18,20,22)/t11-/m1/s1. The number of fused-ring (bicyclic) bond motifs is 1. The number of hydrogen-bond donors (Lipinski definition) is 2. The second-order valence-corrected chi connectivity index (χ2v) is 7.31. The lowest BCUT2D eigenvalue weighted by Crippen LogP contribution is -2.49. The van der Waals surface area contributed by atoms with Crippen LogP contribution in [0.4, 0.5) is 16.3 Å². The molecular formula is C17H24N4O3. The molecule has 0 bridgehead atoms. The van der Waals surface area contributed by atoms with Crippen LogP contribution in [-0.2, 0) is 16.0 Å². The highest BCUT2D eigenvalue weighted by molar-refractivity contribution is 6.00. The van der Waals surface area contributed by atoms with E-state index in [0.29, 0.717) is 18.8 Å². The van der Waals surface area contributed by atoms with E-state index in [1.54, 1.807) is 6.20 Å². The number of carbonyl (C=O) groups is 2. The number of nitrogens with zero attached hydrogens (tertiary/aromatic N) is 2. The number of hydrogen-bond acceptors (Lipinski definition) is 5. The zero-order valence-corrected chi connectivity index (χ0v) is 14.4. The molecule has 0 saturated carbocycles. The predicted octanol–water partition coefficient (Wildman–Crippen LogP) is 2.07. The fraction of sp³-hybridized carbons (Fsp3) is 0.588. The summed E-state index contributed by atoms with van der Waals surface area (Å²) in [5.41, 5.74) is 1.46. The van der Waals surface area contributed by atoms with Crippen molar-refractivity contribution in [3.8, 4) is 0 Å². The van der Waals surface area contributed by atoms with Gasteiger partial charge in [0.25, 0.3) is 0 Å². The maximum absolute atomic E-state index is 12.0. The summed E-state index contributed by atoms with van der Waals surface area (Å²) in [6.07, 6.45) is 3.58. The Kier molecular flexibility index (Phi) is 4.34. The number of aromatic nitrogens is 1. The van der Waals surface area contributed by atoms with Crippen LogP contribution in [0, 0.1) is 0 Å². The Hall–Kier alpha value is -2.31. The summed E-state index contributed by atoms with van der Waals surface area (Å²) < 4.78 is 5.34. The molecule has 1 saturated heterocycles. The normalized spacial score (nSPS) is 20.4. The van der Waals surface area contributed by atoms with Crippen molar-refractivity contribution in [1.29, 1.82) is 0 Å². The van der Waals surface area contributed by atoms with Crippen LogP contribution in [0.1, 0.15) is 39.2 Å². The third kappa shape index (κ3) is 3.77. The summed E-state index contributed by atoms with van der Waals surface area (Å²) in [5, 5.41) is 5.73. The summed E-state index contributed by atoms with van der Waals surface area (Å²) in [5.74, 6) is 0.630. The first-order valence-corrected chi connectivity index (χ1v) is 8.34. The molecule has 130 valence electrons. The summed E-state index contributed by atoms with van der Waals surface area (Å²) >= 11 is 0. The number of rotatable bonds is 2. The quantitative estimate of drug-likeness (QED) is 0.866. The van der Waals surface area contributed by atoms with Gasteiger partial charge in [0.2, 0.25) is 5.91 Å². The molecule has 24 heavy (non-hydrogen) atoms. The lowest BCUT2D eigenvalue weighted by molar-refractivity contribution is -0.115. The first-order valence-electron chi connectivity index (χ1n) is 8.34. The number of alkyl carbamates (subject to hydrolysis) is 1. The number of piperidine rings is 1. The smallest absolute Gasteiger partial charge is 0.407 e. The van der Waals surface area contributed by atoms with Crippen molar-refractivity contribution in [2.75, 3.05) is 23.3 Å². The van der Waals surface area contributed by atoms with E-state index in [9.17, 15) is 9.59 Å². The van der Waals surface area contributed by atoms with Gasteiger partial charge in [0.15, 0.2) is 0 Å². The minimum absolute atomic E-state index is 0.0228. The molecule has 3 rings (SSSR count). The summed E-state index contributed by atoms with van der Waals surface area (Å²) in [7, 11) is 0. The number of amides is 2. The molecule has 3 heterocycles. The molecule has 0 spiro atoms. The van der Waals surface area contributed by atoms with Gasteiger partial charge in [-0.2, -0.15) is 0 Å². The second-order valence-electron chi connectivity index (χ2n) is 7.31. The van der Waals surface area contributed by atoms with Gasteiger partial charge < -0.3 is 20.3 Å². The molecule has 1 aromatic rings. The van der Waals surface area contributed by atoms with Crippen LogP contribution >= 0.6 is 0 Å². The van der Waals surface area contributed by atoms with Gasteiger partial charge in [-0.25, -0.2) is 9.78 Å². The third-order valence-electron chi connectivity index (χ3n) is 4.11. The van der Waals surface area contributed by atoms with E-state index < -0.39 is 5.60 Å². The molecule has 2 amide bonds. The molecule has 0 aliphatic carbocycles. The average molecular weight is 332 g/mol. The maximum Gasteiger partial charge on any atom is 0.407 e. The zero-order valence-electron chi connectivity index (χ0n) is 14.4. The van der Waals surface area contributed by atoms with Crippen molar-refractivity contribution >= 4 is 23.5 Å². The topological polar surface area (TPSA) is 83.6 Å². The monoisotopic (exact) mass is 332 g/mol. The number of carbonyl (C=O) groups excluding carboxylic acids is 2. The van der Waals surface area contributed by atoms with Crippen molar-refractivity contribution in [2.24, 2.45) is 0 Å². The molecule has 2 aliphatic heterocycles. The molecule has 2 N–H and O–H groups in total. The van der Waals surface area contributed by atoms with E-state index in [0.717, 1.165) is 30.6 Å². The molecule has 0 radical (unpaired) electrons. The fourth-order valence-electron chi connectivity index (χ4n) is 3.19. The van der Waals surface area contributed by atoms with Crippen molar-refractivity contribution < 1.29 is 14.3 Å². The highest BCUT2D eigenvalue weighted by atomic mass is 16.6. The lowest BCUT2D eigenvalue weighted by atomic mass is 10.0. The van der Waals surface area contributed by atoms with E-state index in [-0.39, 0.29) is 18.0 Å². The van der Waals surface area contributed by atoms with Crippen LogP contribution in [0.25, 0.3) is 0 Å². The minimum Gasteiger partial charge on any atom is -0.444 e. The van der Waals surface area contributed by atoms with Crippen molar-refractivity contribution in [1.82, 2.24) is 10.3 Å². The van der Waals surface area contributed by atoms with Crippen molar-refractivity contribution in [2.45, 2.75) is 51.7 Å². The van der Waals surface area contributed by atoms with Crippen LogP contribution in [0.15, 0.2) is 12.3 Å². The van der Waals surface area contributed by atoms with Gasteiger partial charge in [0.05, 0.1) is 6.42 Å². The Morgan fingerprint density at radius 2 is 2.25 bits per heavy atom. The van der Waals surface area contributed by atoms with E-state index >= 15 is 0 Å². The van der Waals surface area contributed by atoms with Gasteiger partial charge in [-0.15, -0.1) is 0 Å². The molecule has 2 aliphatic rings. The summed E-state index contributed by atoms with van der Waals surface area (Å²) in [4.78, 5) is 30.1. The predicted molar refractivity (Wildman–Crippen MR) is 91.2 cm³/mol. The molecule has 7 heteroatoms. The van der Waals surface area contributed by atoms with Gasteiger partial charge >= 0.3 is 6.09 Å². The van der Waals surface area contributed by atoms with Crippen LogP contribution in [0.5, 0.6) is 0 Å². The van der Waals surface area contributed by atoms with Crippen LogP contribution in [0.3, 0.4) is 0 Å². The highest BCUT2D eigenvalue weighted by Gasteiger charge is 2.28. The number of nitrogens with one attached hydrogen (secondary N) is 2. The van der Waals surface area contributed by atoms with Crippen molar-refractivity contribution in [3.05, 3.63) is 17.8 Å². The number of ether oxygens (including phenoxy) is 1. The van der Waals surface area contributed by atoms with Crippen LogP contribution in [-0.4, -0.2) is 41.7 Å². The molecule has 1 atom stereocenters. The van der Waals surface area contributed by atoms with E-state index in [4.69, 9.17) is 4.74 Å². The Morgan fingerprint density at radius 1 is 1.46 bits per heavy atom. The second kappa shape index (κ2) is 6.30. The number of pyridine rings is 1. The minimum atomic E-state index is -0.504. The zero-order chi connectivity index (χ0) is 17.3. The third-order valence-corrected chi connectivity index (χ3v) is 4.11. The van der Waals surface area contributed by atoms with E-state index in [1.165, 1.54) is 0 Å². The van der Waals surface area contributed by atoms with Gasteiger partial charge in [0.1, 0.15) is 11.4 Å². The van der Waals surface area contributed by atoms with Gasteiger partial charge in [-0.3, -0.25) is 4.79 Å². The SMILES string of the molecule is CC(C)(C)OC(=O)N[C@@H]1CCCN(c2ccnc3c2CC(=O)N3)C1. The molecule has 0 unspecified atom stereocenters. The lowest BCUT2D eigenvalue weighted by Gasteiger charge is -2.35. The van der Waals surface area contributed by atoms with Gasteiger partial charge in [0, 0.05) is 36.6 Å². The molecule has 1 fully saturated rings. The molecule has 1 aromatic heterocycles. The molecule has 0 aromatic carbocycles. The van der Waals surface area contributed by atoms with Crippen LogP contribution < -0.4 is 15.5 Å². The average Bonchev–Trinajstić information content (AvgIpc) is 2.85. The molecular weight excluding hydrogens is 308 g/mol. The Morgan fingerprint density at radius 3 is 3.00 bits per heavy atom. The van der Waals surface area contributed by atoms with Gasteiger partial charge in [-0.1, -0.05) is 0 Å². The summed E-state index contributed by atoms with van der Waals surface area (Å²) in [6.45, 7) is 7.15. The van der Waals surface area contributed by atoms with Crippen molar-refractivity contribution in [3.63, 3.8) is 0 Å². The fourth-order valence-corrected chi connectivity index (χ4v) is 3.19. The van der Waals surface area contributed by atoms with E-state index in [1.807, 2.05) is 26.8 Å². The Bertz CT molecular complexity index is 654. The van der Waals surface area contributed by atoms with Crippen LogP contribution in [0.2, 0.25) is 0 Å². The Labute approximate surface area is 141 Å². The summed E-state index contributed by atoms with van der Waals surface area (Å²) in [6, 6.07) is 1.97. The maximum atomic E-state index is 12.0. The highest BCUT2D eigenvalue weighted by Crippen LogP contribution is 2.32. The first-order chi connectivity index (χ1) is 11.3. The van der Waals surface area contributed by atoms with Gasteiger partial charge in [-0.05, 0) is 39.7 Å². The first kappa shape index (κ1) is 16.5. The largest absolute Gasteiger partial charge is 0.444 e. The van der Waals surface area contributed by atoms with E-state index in [2.05, 4.69) is 20.5 Å².